The van der Waals surface area contributed by atoms with Crippen LogP contribution in [0.3, 0.4) is 0 Å². The van der Waals surface area contributed by atoms with E-state index in [9.17, 15) is 4.79 Å². The van der Waals surface area contributed by atoms with Crippen molar-refractivity contribution in [3.63, 3.8) is 0 Å². The summed E-state index contributed by atoms with van der Waals surface area (Å²) in [7, 11) is 0. The average molecular weight is 275 g/mol. The minimum absolute atomic E-state index is 0.202. The number of nitrogens with zero attached hydrogens (tertiary/aromatic N) is 2. The van der Waals surface area contributed by atoms with Gasteiger partial charge >= 0.3 is 5.97 Å². The van der Waals surface area contributed by atoms with Crippen LogP contribution in [-0.2, 0) is 0 Å². The fourth-order valence-electron chi connectivity index (χ4n) is 1.99. The summed E-state index contributed by atoms with van der Waals surface area (Å²) in [4.78, 5) is 19.7. The van der Waals surface area contributed by atoms with Crippen molar-refractivity contribution < 1.29 is 9.90 Å². The van der Waals surface area contributed by atoms with Crippen molar-refractivity contribution in [3.8, 4) is 11.4 Å². The molecule has 1 aromatic heterocycles. The van der Waals surface area contributed by atoms with Crippen molar-refractivity contribution in [2.24, 2.45) is 0 Å². The Balaban J connectivity index is 2.08. The van der Waals surface area contributed by atoms with Crippen LogP contribution in [0.5, 0.6) is 0 Å². The topological polar surface area (TPSA) is 63.1 Å². The van der Waals surface area contributed by atoms with Crippen LogP contribution in [0.1, 0.15) is 34.8 Å². The van der Waals surface area contributed by atoms with Crippen LogP contribution in [0.25, 0.3) is 11.4 Å². The molecule has 19 heavy (non-hydrogen) atoms. The van der Waals surface area contributed by atoms with E-state index in [2.05, 4.69) is 9.97 Å². The molecule has 0 radical (unpaired) electrons. The Morgan fingerprint density at radius 1 is 1.37 bits per heavy atom. The third kappa shape index (κ3) is 2.44. The first-order valence-corrected chi connectivity index (χ1v) is 6.39. The van der Waals surface area contributed by atoms with Gasteiger partial charge in [0, 0.05) is 22.7 Å². The molecule has 0 spiro atoms. The van der Waals surface area contributed by atoms with Crippen molar-refractivity contribution in [1.82, 2.24) is 9.97 Å². The molecule has 0 atom stereocenters. The van der Waals surface area contributed by atoms with Gasteiger partial charge < -0.3 is 5.11 Å². The van der Waals surface area contributed by atoms with Crippen molar-refractivity contribution in [1.29, 1.82) is 0 Å². The number of carboxylic acids is 1. The van der Waals surface area contributed by atoms with E-state index in [4.69, 9.17) is 16.7 Å². The lowest BCUT2D eigenvalue weighted by Crippen LogP contribution is -2.06. The maximum Gasteiger partial charge on any atom is 0.339 e. The number of hydrogen-bond donors (Lipinski definition) is 1. The molecular weight excluding hydrogens is 264 g/mol. The van der Waals surface area contributed by atoms with E-state index in [1.807, 2.05) is 12.1 Å². The van der Waals surface area contributed by atoms with Gasteiger partial charge in [0.15, 0.2) is 5.82 Å². The number of hydrogen-bond acceptors (Lipinski definition) is 3. The molecule has 2 aromatic rings. The van der Waals surface area contributed by atoms with Crippen LogP contribution in [0.15, 0.2) is 30.5 Å². The molecular formula is C14H11ClN2O2. The van der Waals surface area contributed by atoms with Crippen molar-refractivity contribution in [3.05, 3.63) is 46.7 Å². The second-order valence-corrected chi connectivity index (χ2v) is 5.02. The van der Waals surface area contributed by atoms with E-state index in [0.717, 1.165) is 18.4 Å². The predicted octanol–water partition coefficient (Wildman–Crippen LogP) is 3.37. The van der Waals surface area contributed by atoms with Crippen LogP contribution in [0.4, 0.5) is 0 Å². The molecule has 0 saturated heterocycles. The van der Waals surface area contributed by atoms with E-state index >= 15 is 0 Å². The summed E-state index contributed by atoms with van der Waals surface area (Å²) in [6, 6.07) is 7.23. The lowest BCUT2D eigenvalue weighted by molar-refractivity contribution is 0.0694. The Morgan fingerprint density at radius 3 is 2.79 bits per heavy atom. The minimum Gasteiger partial charge on any atom is -0.478 e. The SMILES string of the molecule is O=C(O)c1cnc(-c2cccc(Cl)c2)nc1C1CC1. The number of aromatic carboxylic acids is 1. The molecule has 1 N–H and O–H groups in total. The van der Waals surface area contributed by atoms with Gasteiger partial charge in [-0.3, -0.25) is 0 Å². The summed E-state index contributed by atoms with van der Waals surface area (Å²) in [5, 5.41) is 9.75. The Kier molecular flexibility index (Phi) is 2.95. The van der Waals surface area contributed by atoms with E-state index in [1.165, 1.54) is 6.20 Å². The zero-order valence-electron chi connectivity index (χ0n) is 10.0. The van der Waals surface area contributed by atoms with Crippen molar-refractivity contribution >= 4 is 17.6 Å². The largest absolute Gasteiger partial charge is 0.478 e. The van der Waals surface area contributed by atoms with Gasteiger partial charge in [-0.25, -0.2) is 14.8 Å². The first kappa shape index (κ1) is 12.1. The molecule has 0 aliphatic heterocycles. The number of carboxylic acid groups (broad SMARTS) is 1. The molecule has 96 valence electrons. The van der Waals surface area contributed by atoms with Gasteiger partial charge in [0.1, 0.15) is 0 Å². The Morgan fingerprint density at radius 2 is 2.16 bits per heavy atom. The van der Waals surface area contributed by atoms with Gasteiger partial charge in [-0.1, -0.05) is 23.7 Å². The normalized spacial score (nSPS) is 14.4. The quantitative estimate of drug-likeness (QED) is 0.932. The van der Waals surface area contributed by atoms with Gasteiger partial charge in [0.05, 0.1) is 11.3 Å². The van der Waals surface area contributed by atoms with Gasteiger partial charge in [-0.05, 0) is 25.0 Å². The highest BCUT2D eigenvalue weighted by Gasteiger charge is 2.30. The molecule has 5 heteroatoms. The number of halogens is 1. The third-order valence-electron chi connectivity index (χ3n) is 3.10. The van der Waals surface area contributed by atoms with E-state index in [0.29, 0.717) is 16.5 Å². The van der Waals surface area contributed by atoms with Gasteiger partial charge in [0.2, 0.25) is 0 Å². The maximum atomic E-state index is 11.2. The molecule has 3 rings (SSSR count). The zero-order chi connectivity index (χ0) is 13.4. The third-order valence-corrected chi connectivity index (χ3v) is 3.33. The highest BCUT2D eigenvalue weighted by molar-refractivity contribution is 6.30. The Bertz CT molecular complexity index is 654. The molecule has 0 unspecified atom stereocenters. The summed E-state index contributed by atoms with van der Waals surface area (Å²) >= 11 is 5.94. The predicted molar refractivity (Wildman–Crippen MR) is 71.4 cm³/mol. The second-order valence-electron chi connectivity index (χ2n) is 4.58. The van der Waals surface area contributed by atoms with Gasteiger partial charge in [-0.2, -0.15) is 0 Å². The lowest BCUT2D eigenvalue weighted by atomic mass is 10.1. The molecule has 0 amide bonds. The van der Waals surface area contributed by atoms with Crippen LogP contribution >= 0.6 is 11.6 Å². The van der Waals surface area contributed by atoms with E-state index in [1.54, 1.807) is 12.1 Å². The minimum atomic E-state index is -0.973. The Labute approximate surface area is 115 Å². The number of benzene rings is 1. The lowest BCUT2D eigenvalue weighted by Gasteiger charge is -2.06. The summed E-state index contributed by atoms with van der Waals surface area (Å²) in [5.74, 6) is -0.194. The van der Waals surface area contributed by atoms with Crippen LogP contribution < -0.4 is 0 Å². The maximum absolute atomic E-state index is 11.2. The van der Waals surface area contributed by atoms with Crippen molar-refractivity contribution in [2.75, 3.05) is 0 Å². The molecule has 1 aliphatic rings. The second kappa shape index (κ2) is 4.63. The standard InChI is InChI=1S/C14H11ClN2O2/c15-10-3-1-2-9(6-10)13-16-7-11(14(18)19)12(17-13)8-4-5-8/h1-3,6-8H,4-5H2,(H,18,19). The first-order chi connectivity index (χ1) is 9.15. The molecule has 1 heterocycles. The first-order valence-electron chi connectivity index (χ1n) is 6.01. The van der Waals surface area contributed by atoms with E-state index in [-0.39, 0.29) is 11.5 Å². The fraction of sp³-hybridized carbons (Fsp3) is 0.214. The summed E-state index contributed by atoms with van der Waals surface area (Å²) in [6.45, 7) is 0. The molecule has 1 aromatic carbocycles. The van der Waals surface area contributed by atoms with Gasteiger partial charge in [0.25, 0.3) is 0 Å². The number of aromatic nitrogens is 2. The number of rotatable bonds is 3. The molecule has 1 fully saturated rings. The monoisotopic (exact) mass is 274 g/mol. The fourth-order valence-corrected chi connectivity index (χ4v) is 2.18. The highest BCUT2D eigenvalue weighted by atomic mass is 35.5. The Hall–Kier alpha value is -1.94. The zero-order valence-corrected chi connectivity index (χ0v) is 10.8. The molecule has 0 bridgehead atoms. The average Bonchev–Trinajstić information content (AvgIpc) is 3.22. The summed E-state index contributed by atoms with van der Waals surface area (Å²) < 4.78 is 0. The highest BCUT2D eigenvalue weighted by Crippen LogP contribution is 2.41. The van der Waals surface area contributed by atoms with Crippen molar-refractivity contribution in [2.45, 2.75) is 18.8 Å². The molecule has 4 nitrogen and oxygen atoms in total. The summed E-state index contributed by atoms with van der Waals surface area (Å²) in [5.41, 5.74) is 1.64. The molecule has 1 saturated carbocycles. The van der Waals surface area contributed by atoms with Crippen LogP contribution in [0.2, 0.25) is 5.02 Å². The van der Waals surface area contributed by atoms with E-state index < -0.39 is 5.97 Å². The number of carbonyl (C=O) groups is 1. The smallest absolute Gasteiger partial charge is 0.339 e. The van der Waals surface area contributed by atoms with Gasteiger partial charge in [-0.15, -0.1) is 0 Å². The van der Waals surface area contributed by atoms with Crippen LogP contribution in [0, 0.1) is 0 Å². The molecule has 1 aliphatic carbocycles. The van der Waals surface area contributed by atoms with Crippen LogP contribution in [-0.4, -0.2) is 21.0 Å². The summed E-state index contributed by atoms with van der Waals surface area (Å²) in [6.07, 6.45) is 3.37.